The lowest BCUT2D eigenvalue weighted by molar-refractivity contribution is 0.669. The van der Waals surface area contributed by atoms with Gasteiger partial charge in [-0.15, -0.1) is 0 Å². The van der Waals surface area contributed by atoms with E-state index in [9.17, 15) is 0 Å². The summed E-state index contributed by atoms with van der Waals surface area (Å²) in [7, 11) is -1.96. The number of rotatable bonds is 4. The minimum atomic E-state index is -1.96. The Hall–Kier alpha value is -4.86. The number of furan rings is 1. The zero-order chi connectivity index (χ0) is 27.6. The third kappa shape index (κ3) is 3.77. The number of anilines is 3. The molecule has 0 fully saturated rings. The molecule has 2 heterocycles. The molecule has 0 saturated carbocycles. The van der Waals surface area contributed by atoms with Gasteiger partial charge in [-0.3, -0.25) is 0 Å². The highest BCUT2D eigenvalue weighted by Crippen LogP contribution is 2.40. The summed E-state index contributed by atoms with van der Waals surface area (Å²) in [6.07, 6.45) is 0. The van der Waals surface area contributed by atoms with Crippen LogP contribution in [-0.2, 0) is 0 Å². The van der Waals surface area contributed by atoms with Crippen molar-refractivity contribution in [2.24, 2.45) is 0 Å². The van der Waals surface area contributed by atoms with Gasteiger partial charge in [0.1, 0.15) is 19.2 Å². The number of nitrogens with zero attached hydrogens (tertiary/aromatic N) is 1. The van der Waals surface area contributed by atoms with Crippen molar-refractivity contribution in [1.29, 1.82) is 0 Å². The SMILES string of the molecule is C[Si]1(C)c2cc(N(c3ccccc3)c3ccc(-c4ccccc4)cc3)ccc2-c2cc3oc4ccccc4c3cc21. The first-order chi connectivity index (χ1) is 20.1. The fraction of sp³-hybridized carbons (Fsp3) is 0.0526. The van der Waals surface area contributed by atoms with E-state index in [-0.39, 0.29) is 0 Å². The van der Waals surface area contributed by atoms with Gasteiger partial charge >= 0.3 is 0 Å². The molecule has 1 aliphatic rings. The lowest BCUT2D eigenvalue weighted by Crippen LogP contribution is -2.49. The molecule has 2 nitrogen and oxygen atoms in total. The Morgan fingerprint density at radius 1 is 0.463 bits per heavy atom. The van der Waals surface area contributed by atoms with Crippen LogP contribution in [0.2, 0.25) is 13.1 Å². The maximum atomic E-state index is 6.29. The number of benzene rings is 6. The molecule has 8 rings (SSSR count). The summed E-state index contributed by atoms with van der Waals surface area (Å²) in [5.74, 6) is 0. The van der Waals surface area contributed by atoms with Crippen molar-refractivity contribution in [3.63, 3.8) is 0 Å². The molecule has 0 atom stereocenters. The standard InChI is InChI=1S/C38H29NOSi/c1-41(2)37-23-30(21-22-32(37)34-24-36-33(25-38(34)41)31-15-9-10-16-35(31)40-36)39(28-13-7-4-8-14-28)29-19-17-27(18-20-29)26-11-5-3-6-12-26/h3-25H,1-2H3. The molecule has 0 radical (unpaired) electrons. The molecule has 7 aromatic rings. The first-order valence-electron chi connectivity index (χ1n) is 14.2. The highest BCUT2D eigenvalue weighted by Gasteiger charge is 2.38. The Balaban J connectivity index is 1.26. The van der Waals surface area contributed by atoms with Gasteiger partial charge in [0, 0.05) is 27.8 Å². The summed E-state index contributed by atoms with van der Waals surface area (Å²) in [6.45, 7) is 4.97. The van der Waals surface area contributed by atoms with Crippen LogP contribution in [0.3, 0.4) is 0 Å². The summed E-state index contributed by atoms with van der Waals surface area (Å²) in [4.78, 5) is 2.38. The van der Waals surface area contributed by atoms with Crippen molar-refractivity contribution >= 4 is 57.4 Å². The first kappa shape index (κ1) is 24.0. The van der Waals surface area contributed by atoms with E-state index in [0.717, 1.165) is 22.5 Å². The molecule has 0 unspecified atom stereocenters. The van der Waals surface area contributed by atoms with Crippen LogP contribution in [0.15, 0.2) is 144 Å². The van der Waals surface area contributed by atoms with Gasteiger partial charge in [-0.05, 0) is 81.2 Å². The molecule has 0 spiro atoms. The van der Waals surface area contributed by atoms with Gasteiger partial charge in [0.05, 0.1) is 0 Å². The molecule has 0 aliphatic carbocycles. The van der Waals surface area contributed by atoms with Crippen molar-refractivity contribution in [3.8, 4) is 22.3 Å². The van der Waals surface area contributed by atoms with Crippen LogP contribution in [-0.4, -0.2) is 8.07 Å². The largest absolute Gasteiger partial charge is 0.456 e. The minimum absolute atomic E-state index is 0.956. The first-order valence-corrected chi connectivity index (χ1v) is 17.2. The number of hydrogen-bond donors (Lipinski definition) is 0. The third-order valence-corrected chi connectivity index (χ3v) is 12.2. The van der Waals surface area contributed by atoms with Gasteiger partial charge in [-0.1, -0.05) is 104 Å². The Morgan fingerprint density at radius 2 is 1.07 bits per heavy atom. The van der Waals surface area contributed by atoms with E-state index in [1.54, 1.807) is 0 Å². The zero-order valence-electron chi connectivity index (χ0n) is 23.1. The molecule has 0 N–H and O–H groups in total. The fourth-order valence-electron chi connectivity index (χ4n) is 6.54. The van der Waals surface area contributed by atoms with Crippen LogP contribution in [0.5, 0.6) is 0 Å². The topological polar surface area (TPSA) is 16.4 Å². The number of fused-ring (bicyclic) bond motifs is 6. The predicted octanol–water partition coefficient (Wildman–Crippen LogP) is 9.53. The van der Waals surface area contributed by atoms with Gasteiger partial charge < -0.3 is 9.32 Å². The lowest BCUT2D eigenvalue weighted by Gasteiger charge is -2.27. The lowest BCUT2D eigenvalue weighted by atomic mass is 10.0. The maximum Gasteiger partial charge on any atom is 0.136 e. The summed E-state index contributed by atoms with van der Waals surface area (Å²) >= 11 is 0. The molecule has 0 amide bonds. The zero-order valence-corrected chi connectivity index (χ0v) is 24.1. The maximum absolute atomic E-state index is 6.29. The van der Waals surface area contributed by atoms with E-state index in [1.165, 1.54) is 49.1 Å². The second-order valence-corrected chi connectivity index (χ2v) is 15.8. The normalized spacial score (nSPS) is 13.3. The van der Waals surface area contributed by atoms with Crippen LogP contribution < -0.4 is 15.3 Å². The Morgan fingerprint density at radius 3 is 1.85 bits per heavy atom. The average molecular weight is 544 g/mol. The molecular formula is C38H29NOSi. The number of hydrogen-bond acceptors (Lipinski definition) is 2. The van der Waals surface area contributed by atoms with Crippen LogP contribution >= 0.6 is 0 Å². The van der Waals surface area contributed by atoms with E-state index in [4.69, 9.17) is 4.42 Å². The van der Waals surface area contributed by atoms with E-state index in [1.807, 2.05) is 6.07 Å². The predicted molar refractivity (Wildman–Crippen MR) is 176 cm³/mol. The van der Waals surface area contributed by atoms with Crippen LogP contribution in [0.1, 0.15) is 0 Å². The Bertz CT molecular complexity index is 2060. The molecule has 41 heavy (non-hydrogen) atoms. The summed E-state index contributed by atoms with van der Waals surface area (Å²) in [5.41, 5.74) is 10.5. The average Bonchev–Trinajstić information content (AvgIpc) is 3.49. The highest BCUT2D eigenvalue weighted by molar-refractivity contribution is 7.04. The van der Waals surface area contributed by atoms with E-state index in [0.29, 0.717) is 0 Å². The molecule has 0 bridgehead atoms. The summed E-state index contributed by atoms with van der Waals surface area (Å²) in [6, 6.07) is 50.3. The van der Waals surface area contributed by atoms with Gasteiger partial charge in [0.2, 0.25) is 0 Å². The molecule has 6 aromatic carbocycles. The van der Waals surface area contributed by atoms with Gasteiger partial charge in [-0.2, -0.15) is 0 Å². The smallest absolute Gasteiger partial charge is 0.136 e. The van der Waals surface area contributed by atoms with Crippen LogP contribution in [0, 0.1) is 0 Å². The fourth-order valence-corrected chi connectivity index (χ4v) is 9.61. The third-order valence-electron chi connectivity index (χ3n) is 8.66. The Kier molecular flexibility index (Phi) is 5.31. The molecule has 3 heteroatoms. The van der Waals surface area contributed by atoms with Crippen LogP contribution in [0.25, 0.3) is 44.2 Å². The summed E-state index contributed by atoms with van der Waals surface area (Å²) in [5, 5.41) is 5.38. The van der Waals surface area contributed by atoms with Crippen molar-refractivity contribution in [3.05, 3.63) is 140 Å². The van der Waals surface area contributed by atoms with Crippen LogP contribution in [0.4, 0.5) is 17.1 Å². The molecule has 196 valence electrons. The van der Waals surface area contributed by atoms with E-state index in [2.05, 4.69) is 151 Å². The van der Waals surface area contributed by atoms with Gasteiger partial charge in [0.15, 0.2) is 0 Å². The van der Waals surface area contributed by atoms with Gasteiger partial charge in [0.25, 0.3) is 0 Å². The van der Waals surface area contributed by atoms with E-state index >= 15 is 0 Å². The number of para-hydroxylation sites is 2. The molecule has 1 aromatic heterocycles. The van der Waals surface area contributed by atoms with Crippen molar-refractivity contribution in [1.82, 2.24) is 0 Å². The molecule has 1 aliphatic heterocycles. The highest BCUT2D eigenvalue weighted by atomic mass is 28.3. The van der Waals surface area contributed by atoms with Gasteiger partial charge in [-0.25, -0.2) is 0 Å². The quantitative estimate of drug-likeness (QED) is 0.206. The monoisotopic (exact) mass is 543 g/mol. The van der Waals surface area contributed by atoms with Crippen molar-refractivity contribution < 1.29 is 4.42 Å². The Labute approximate surface area is 241 Å². The summed E-state index contributed by atoms with van der Waals surface area (Å²) < 4.78 is 6.29. The second kappa shape index (κ2) is 9.08. The minimum Gasteiger partial charge on any atom is -0.456 e. The second-order valence-electron chi connectivity index (χ2n) is 11.4. The molecular weight excluding hydrogens is 515 g/mol. The molecule has 0 saturated heterocycles. The van der Waals surface area contributed by atoms with Crippen molar-refractivity contribution in [2.75, 3.05) is 4.90 Å². The van der Waals surface area contributed by atoms with Crippen molar-refractivity contribution in [2.45, 2.75) is 13.1 Å². The van der Waals surface area contributed by atoms with E-state index < -0.39 is 8.07 Å².